The molecular formula is C14H23N5O. The quantitative estimate of drug-likeness (QED) is 0.645. The Morgan fingerprint density at radius 1 is 1.35 bits per heavy atom. The number of hydrogen-bond acceptors (Lipinski definition) is 6. The average molecular weight is 277 g/mol. The van der Waals surface area contributed by atoms with Gasteiger partial charge < -0.3 is 15.1 Å². The normalized spacial score (nSPS) is 23.6. The van der Waals surface area contributed by atoms with Gasteiger partial charge in [-0.05, 0) is 33.1 Å². The van der Waals surface area contributed by atoms with E-state index in [0.717, 1.165) is 49.1 Å². The summed E-state index contributed by atoms with van der Waals surface area (Å²) in [5, 5.41) is 0. The molecule has 110 valence electrons. The van der Waals surface area contributed by atoms with E-state index in [-0.39, 0.29) is 6.10 Å². The minimum absolute atomic E-state index is 0.227. The fourth-order valence-electron chi connectivity index (χ4n) is 2.68. The number of hydrazine groups is 1. The second kappa shape index (κ2) is 5.54. The Kier molecular flexibility index (Phi) is 3.76. The van der Waals surface area contributed by atoms with Gasteiger partial charge in [-0.2, -0.15) is 0 Å². The van der Waals surface area contributed by atoms with E-state index < -0.39 is 0 Å². The molecule has 2 aliphatic rings. The number of nitrogens with two attached hydrogens (primary N) is 1. The van der Waals surface area contributed by atoms with Crippen LogP contribution in [0.25, 0.3) is 0 Å². The van der Waals surface area contributed by atoms with E-state index in [1.807, 2.05) is 6.92 Å². The molecule has 1 saturated heterocycles. The van der Waals surface area contributed by atoms with Crippen LogP contribution in [0.4, 0.5) is 11.6 Å². The van der Waals surface area contributed by atoms with Crippen LogP contribution in [0.2, 0.25) is 0 Å². The van der Waals surface area contributed by atoms with Crippen molar-refractivity contribution in [2.45, 2.75) is 45.1 Å². The molecule has 20 heavy (non-hydrogen) atoms. The Labute approximate surface area is 119 Å². The topological polar surface area (TPSA) is 76.3 Å². The zero-order valence-electron chi connectivity index (χ0n) is 12.2. The van der Waals surface area contributed by atoms with Crippen molar-refractivity contribution in [3.8, 4) is 0 Å². The lowest BCUT2D eigenvalue weighted by molar-refractivity contribution is 0.0820. The summed E-state index contributed by atoms with van der Waals surface area (Å²) in [6.07, 6.45) is 3.63. The molecule has 1 aromatic heterocycles. The van der Waals surface area contributed by atoms with E-state index in [9.17, 15) is 0 Å². The molecule has 6 nitrogen and oxygen atoms in total. The predicted molar refractivity (Wildman–Crippen MR) is 78.8 cm³/mol. The number of rotatable bonds is 3. The summed E-state index contributed by atoms with van der Waals surface area (Å²) >= 11 is 0. The van der Waals surface area contributed by atoms with Gasteiger partial charge in [-0.3, -0.25) is 0 Å². The molecule has 3 N–H and O–H groups in total. The first kappa shape index (κ1) is 13.6. The molecule has 0 spiro atoms. The second-order valence-corrected chi connectivity index (χ2v) is 5.78. The van der Waals surface area contributed by atoms with E-state index in [4.69, 9.17) is 15.6 Å². The number of ether oxygens (including phenoxy) is 1. The highest BCUT2D eigenvalue weighted by atomic mass is 16.5. The van der Waals surface area contributed by atoms with E-state index >= 15 is 0 Å². The molecule has 1 aliphatic heterocycles. The highest BCUT2D eigenvalue weighted by Gasteiger charge is 2.29. The van der Waals surface area contributed by atoms with E-state index in [0.29, 0.717) is 5.92 Å². The van der Waals surface area contributed by atoms with Gasteiger partial charge in [0.15, 0.2) is 0 Å². The first-order valence-electron chi connectivity index (χ1n) is 7.40. The van der Waals surface area contributed by atoms with Crippen LogP contribution in [0.5, 0.6) is 0 Å². The maximum atomic E-state index is 5.72. The SMILES string of the molecule is Cc1c(NN)nc(C2CC2)nc1N1CCCOC(C)C1. The Bertz CT molecular complexity index is 489. The smallest absolute Gasteiger partial charge is 0.148 e. The van der Waals surface area contributed by atoms with Crippen LogP contribution in [-0.2, 0) is 4.74 Å². The van der Waals surface area contributed by atoms with Gasteiger partial charge in [0, 0.05) is 31.2 Å². The van der Waals surface area contributed by atoms with Crippen LogP contribution in [0.3, 0.4) is 0 Å². The predicted octanol–water partition coefficient (Wildman–Crippen LogP) is 1.56. The monoisotopic (exact) mass is 277 g/mol. The first-order chi connectivity index (χ1) is 9.69. The molecule has 0 aromatic carbocycles. The number of aromatic nitrogens is 2. The van der Waals surface area contributed by atoms with Crippen LogP contribution in [0.15, 0.2) is 0 Å². The molecule has 1 unspecified atom stereocenters. The van der Waals surface area contributed by atoms with Gasteiger partial charge in [-0.15, -0.1) is 0 Å². The Morgan fingerprint density at radius 2 is 2.15 bits per heavy atom. The lowest BCUT2D eigenvalue weighted by Gasteiger charge is -2.26. The first-order valence-corrected chi connectivity index (χ1v) is 7.40. The number of nitrogens with zero attached hydrogens (tertiary/aromatic N) is 3. The van der Waals surface area contributed by atoms with Crippen molar-refractivity contribution in [1.29, 1.82) is 0 Å². The minimum Gasteiger partial charge on any atom is -0.377 e. The Hall–Kier alpha value is -1.40. The fraction of sp³-hybridized carbons (Fsp3) is 0.714. The lowest BCUT2D eigenvalue weighted by atomic mass is 10.2. The Balaban J connectivity index is 1.95. The van der Waals surface area contributed by atoms with Crippen molar-refractivity contribution in [1.82, 2.24) is 9.97 Å². The van der Waals surface area contributed by atoms with Gasteiger partial charge in [0.05, 0.1) is 6.10 Å². The highest BCUT2D eigenvalue weighted by molar-refractivity contribution is 5.58. The molecule has 0 radical (unpaired) electrons. The van der Waals surface area contributed by atoms with Crippen molar-refractivity contribution in [2.75, 3.05) is 30.0 Å². The molecule has 3 rings (SSSR count). The average Bonchev–Trinajstić information content (AvgIpc) is 3.26. The highest BCUT2D eigenvalue weighted by Crippen LogP contribution is 2.40. The van der Waals surface area contributed by atoms with Gasteiger partial charge in [0.25, 0.3) is 0 Å². The molecule has 2 fully saturated rings. The molecule has 1 atom stereocenters. The van der Waals surface area contributed by atoms with Crippen LogP contribution in [0, 0.1) is 6.92 Å². The fourth-order valence-corrected chi connectivity index (χ4v) is 2.68. The van der Waals surface area contributed by atoms with Crippen molar-refractivity contribution < 1.29 is 4.74 Å². The molecule has 2 heterocycles. The third-order valence-electron chi connectivity index (χ3n) is 3.97. The zero-order chi connectivity index (χ0) is 14.1. The molecule has 6 heteroatoms. The lowest BCUT2D eigenvalue weighted by Crippen LogP contribution is -2.32. The number of nitrogens with one attached hydrogen (secondary N) is 1. The summed E-state index contributed by atoms with van der Waals surface area (Å²) in [5.74, 6) is 8.81. The molecule has 1 aromatic rings. The van der Waals surface area contributed by atoms with E-state index in [1.165, 1.54) is 12.8 Å². The number of anilines is 2. The van der Waals surface area contributed by atoms with Crippen LogP contribution in [0.1, 0.15) is 43.5 Å². The van der Waals surface area contributed by atoms with Crippen LogP contribution >= 0.6 is 0 Å². The van der Waals surface area contributed by atoms with E-state index in [2.05, 4.69) is 22.2 Å². The zero-order valence-corrected chi connectivity index (χ0v) is 12.2. The molecular weight excluding hydrogens is 254 g/mol. The van der Waals surface area contributed by atoms with E-state index in [1.54, 1.807) is 0 Å². The Morgan fingerprint density at radius 3 is 2.85 bits per heavy atom. The molecule has 1 aliphatic carbocycles. The van der Waals surface area contributed by atoms with Crippen molar-refractivity contribution in [3.63, 3.8) is 0 Å². The van der Waals surface area contributed by atoms with Crippen molar-refractivity contribution >= 4 is 11.6 Å². The van der Waals surface area contributed by atoms with Crippen molar-refractivity contribution in [2.24, 2.45) is 5.84 Å². The summed E-state index contributed by atoms with van der Waals surface area (Å²) < 4.78 is 5.72. The number of hydrogen-bond donors (Lipinski definition) is 2. The largest absolute Gasteiger partial charge is 0.377 e. The maximum absolute atomic E-state index is 5.72. The summed E-state index contributed by atoms with van der Waals surface area (Å²) in [7, 11) is 0. The summed E-state index contributed by atoms with van der Waals surface area (Å²) in [6, 6.07) is 0. The second-order valence-electron chi connectivity index (χ2n) is 5.78. The summed E-state index contributed by atoms with van der Waals surface area (Å²) in [5.41, 5.74) is 3.74. The maximum Gasteiger partial charge on any atom is 0.148 e. The van der Waals surface area contributed by atoms with Gasteiger partial charge in [0.2, 0.25) is 0 Å². The molecule has 1 saturated carbocycles. The van der Waals surface area contributed by atoms with Gasteiger partial charge in [0.1, 0.15) is 17.5 Å². The minimum atomic E-state index is 0.227. The molecule has 0 bridgehead atoms. The van der Waals surface area contributed by atoms with Gasteiger partial charge in [-0.1, -0.05) is 0 Å². The number of nitrogen functional groups attached to an aromatic ring is 1. The standard InChI is InChI=1S/C14H23N5O/c1-9-8-19(6-3-7-20-9)14-10(2)12(18-15)16-13(17-14)11-4-5-11/h9,11H,3-8,15H2,1-2H3,(H,16,17,18). The molecule has 0 amide bonds. The third-order valence-corrected chi connectivity index (χ3v) is 3.97. The van der Waals surface area contributed by atoms with Gasteiger partial charge >= 0.3 is 0 Å². The van der Waals surface area contributed by atoms with Crippen LogP contribution in [-0.4, -0.2) is 35.8 Å². The van der Waals surface area contributed by atoms with Gasteiger partial charge in [-0.25, -0.2) is 15.8 Å². The van der Waals surface area contributed by atoms with Crippen molar-refractivity contribution in [3.05, 3.63) is 11.4 Å². The van der Waals surface area contributed by atoms with Crippen LogP contribution < -0.4 is 16.2 Å². The summed E-state index contributed by atoms with van der Waals surface area (Å²) in [4.78, 5) is 11.7. The summed E-state index contributed by atoms with van der Waals surface area (Å²) in [6.45, 7) is 6.79. The third kappa shape index (κ3) is 2.71.